The fraction of sp³-hybridized carbons (Fsp3) is 0.889. The van der Waals surface area contributed by atoms with E-state index in [1.165, 1.54) is 0 Å². The lowest BCUT2D eigenvalue weighted by Crippen LogP contribution is -2.38. The number of hydrogen-bond acceptors (Lipinski definition) is 4. The van der Waals surface area contributed by atoms with E-state index in [4.69, 9.17) is 9.47 Å². The van der Waals surface area contributed by atoms with E-state index in [-0.39, 0.29) is 12.1 Å². The third kappa shape index (κ3) is 4.24. The normalized spacial score (nSPS) is 22.7. The molecule has 1 heterocycles. The molecule has 4 nitrogen and oxygen atoms in total. The van der Waals surface area contributed by atoms with Gasteiger partial charge < -0.3 is 14.8 Å². The Bertz CT molecular complexity index is 155. The second-order valence-corrected chi connectivity index (χ2v) is 3.04. The van der Waals surface area contributed by atoms with E-state index in [0.29, 0.717) is 13.0 Å². The zero-order valence-electron chi connectivity index (χ0n) is 8.04. The molecule has 0 spiro atoms. The molecular weight excluding hydrogens is 170 g/mol. The van der Waals surface area contributed by atoms with Crippen molar-refractivity contribution in [1.29, 1.82) is 0 Å². The third-order valence-electron chi connectivity index (χ3n) is 1.98. The molecule has 76 valence electrons. The first-order valence-electron chi connectivity index (χ1n) is 4.81. The van der Waals surface area contributed by atoms with Crippen molar-refractivity contribution in [2.75, 3.05) is 26.3 Å². The summed E-state index contributed by atoms with van der Waals surface area (Å²) >= 11 is 0. The molecule has 1 fully saturated rings. The van der Waals surface area contributed by atoms with Gasteiger partial charge in [-0.15, -0.1) is 0 Å². The Kier molecular flexibility index (Phi) is 4.78. The number of carbonyl (C=O) groups excluding carboxylic acids is 1. The van der Waals surface area contributed by atoms with Gasteiger partial charge in [0.25, 0.3) is 0 Å². The Morgan fingerprint density at radius 2 is 2.54 bits per heavy atom. The highest BCUT2D eigenvalue weighted by Crippen LogP contribution is 2.05. The van der Waals surface area contributed by atoms with Crippen molar-refractivity contribution < 1.29 is 14.3 Å². The number of morpholine rings is 1. The van der Waals surface area contributed by atoms with E-state index in [1.807, 2.05) is 6.92 Å². The fourth-order valence-electron chi connectivity index (χ4n) is 1.32. The van der Waals surface area contributed by atoms with Crippen LogP contribution in [0.5, 0.6) is 0 Å². The standard InChI is InChI=1S/C9H17NO3/c1-2-12-9(11)4-3-8-7-10-5-6-13-8/h8,10H,2-7H2,1H3/t8-/m0/s1. The van der Waals surface area contributed by atoms with Crippen molar-refractivity contribution in [3.05, 3.63) is 0 Å². The maximum absolute atomic E-state index is 11.0. The van der Waals surface area contributed by atoms with Crippen molar-refractivity contribution in [3.63, 3.8) is 0 Å². The van der Waals surface area contributed by atoms with Gasteiger partial charge in [0.1, 0.15) is 0 Å². The van der Waals surface area contributed by atoms with Crippen LogP contribution >= 0.6 is 0 Å². The minimum Gasteiger partial charge on any atom is -0.466 e. The molecule has 0 unspecified atom stereocenters. The SMILES string of the molecule is CCOC(=O)CC[C@H]1CNCCO1. The highest BCUT2D eigenvalue weighted by molar-refractivity contribution is 5.69. The van der Waals surface area contributed by atoms with E-state index in [9.17, 15) is 4.79 Å². The van der Waals surface area contributed by atoms with Crippen LogP contribution in [0.15, 0.2) is 0 Å². The van der Waals surface area contributed by atoms with Crippen LogP contribution in [0, 0.1) is 0 Å². The molecular formula is C9H17NO3. The van der Waals surface area contributed by atoms with Gasteiger partial charge in [0.15, 0.2) is 0 Å². The Hall–Kier alpha value is -0.610. The van der Waals surface area contributed by atoms with Gasteiger partial charge in [-0.3, -0.25) is 4.79 Å². The molecule has 0 bridgehead atoms. The first-order valence-corrected chi connectivity index (χ1v) is 4.81. The lowest BCUT2D eigenvalue weighted by atomic mass is 10.2. The largest absolute Gasteiger partial charge is 0.466 e. The van der Waals surface area contributed by atoms with Crippen LogP contribution in [0.4, 0.5) is 0 Å². The second kappa shape index (κ2) is 5.94. The van der Waals surface area contributed by atoms with Crippen molar-refractivity contribution in [2.24, 2.45) is 0 Å². The van der Waals surface area contributed by atoms with E-state index in [1.54, 1.807) is 0 Å². The average Bonchev–Trinajstić information content (AvgIpc) is 2.17. The molecule has 0 aromatic rings. The second-order valence-electron chi connectivity index (χ2n) is 3.04. The average molecular weight is 187 g/mol. The van der Waals surface area contributed by atoms with Gasteiger partial charge >= 0.3 is 5.97 Å². The Balaban J connectivity index is 2.06. The number of rotatable bonds is 4. The van der Waals surface area contributed by atoms with Crippen LogP contribution in [0.2, 0.25) is 0 Å². The summed E-state index contributed by atoms with van der Waals surface area (Å²) in [4.78, 5) is 11.0. The number of carbonyl (C=O) groups is 1. The van der Waals surface area contributed by atoms with Gasteiger partial charge in [-0.25, -0.2) is 0 Å². The number of esters is 1. The summed E-state index contributed by atoms with van der Waals surface area (Å²) in [5, 5.41) is 3.21. The molecule has 1 aliphatic rings. The molecule has 13 heavy (non-hydrogen) atoms. The minimum absolute atomic E-state index is 0.128. The van der Waals surface area contributed by atoms with Crippen LogP contribution in [0.3, 0.4) is 0 Å². The molecule has 0 amide bonds. The number of nitrogens with one attached hydrogen (secondary N) is 1. The highest BCUT2D eigenvalue weighted by Gasteiger charge is 2.14. The van der Waals surface area contributed by atoms with Crippen LogP contribution in [0.1, 0.15) is 19.8 Å². The predicted molar refractivity (Wildman–Crippen MR) is 48.5 cm³/mol. The summed E-state index contributed by atoms with van der Waals surface area (Å²) in [7, 11) is 0. The molecule has 0 aromatic heterocycles. The third-order valence-corrected chi connectivity index (χ3v) is 1.98. The lowest BCUT2D eigenvalue weighted by Gasteiger charge is -2.23. The van der Waals surface area contributed by atoms with Crippen molar-refractivity contribution >= 4 is 5.97 Å². The quantitative estimate of drug-likeness (QED) is 0.644. The molecule has 1 rings (SSSR count). The molecule has 4 heteroatoms. The van der Waals surface area contributed by atoms with Crippen molar-refractivity contribution in [2.45, 2.75) is 25.9 Å². The van der Waals surface area contributed by atoms with Crippen LogP contribution in [-0.2, 0) is 14.3 Å². The smallest absolute Gasteiger partial charge is 0.305 e. The van der Waals surface area contributed by atoms with Crippen molar-refractivity contribution in [3.8, 4) is 0 Å². The molecule has 1 atom stereocenters. The molecule has 1 aliphatic heterocycles. The summed E-state index contributed by atoms with van der Waals surface area (Å²) in [5.74, 6) is -0.128. The molecule has 0 aromatic carbocycles. The van der Waals surface area contributed by atoms with Crippen molar-refractivity contribution in [1.82, 2.24) is 5.32 Å². The number of hydrogen-bond donors (Lipinski definition) is 1. The van der Waals surface area contributed by atoms with Gasteiger partial charge in [0, 0.05) is 19.5 Å². The monoisotopic (exact) mass is 187 g/mol. The maximum Gasteiger partial charge on any atom is 0.305 e. The van der Waals surface area contributed by atoms with E-state index < -0.39 is 0 Å². The van der Waals surface area contributed by atoms with Gasteiger partial charge in [-0.05, 0) is 13.3 Å². The minimum atomic E-state index is -0.128. The lowest BCUT2D eigenvalue weighted by molar-refractivity contribution is -0.144. The fourth-order valence-corrected chi connectivity index (χ4v) is 1.32. The summed E-state index contributed by atoms with van der Waals surface area (Å²) < 4.78 is 10.3. The topological polar surface area (TPSA) is 47.6 Å². The zero-order valence-corrected chi connectivity index (χ0v) is 8.04. The summed E-state index contributed by atoms with van der Waals surface area (Å²) in [6, 6.07) is 0. The Morgan fingerprint density at radius 1 is 1.69 bits per heavy atom. The Labute approximate surface area is 78.6 Å². The Morgan fingerprint density at radius 3 is 3.15 bits per heavy atom. The van der Waals surface area contributed by atoms with Gasteiger partial charge in [0.05, 0.1) is 19.3 Å². The van der Waals surface area contributed by atoms with Crippen LogP contribution < -0.4 is 5.32 Å². The molecule has 0 radical (unpaired) electrons. The summed E-state index contributed by atoms with van der Waals surface area (Å²) in [6.45, 7) is 4.78. The van der Waals surface area contributed by atoms with E-state index in [2.05, 4.69) is 5.32 Å². The predicted octanol–water partition coefficient (Wildman–Crippen LogP) is 0.318. The van der Waals surface area contributed by atoms with Crippen LogP contribution in [0.25, 0.3) is 0 Å². The van der Waals surface area contributed by atoms with Gasteiger partial charge in [0.2, 0.25) is 0 Å². The van der Waals surface area contributed by atoms with Gasteiger partial charge in [-0.2, -0.15) is 0 Å². The first-order chi connectivity index (χ1) is 6.33. The summed E-state index contributed by atoms with van der Waals surface area (Å²) in [6.07, 6.45) is 1.39. The molecule has 1 saturated heterocycles. The highest BCUT2D eigenvalue weighted by atomic mass is 16.5. The molecule has 1 N–H and O–H groups in total. The van der Waals surface area contributed by atoms with E-state index in [0.717, 1.165) is 26.1 Å². The van der Waals surface area contributed by atoms with E-state index >= 15 is 0 Å². The number of ether oxygens (including phenoxy) is 2. The van der Waals surface area contributed by atoms with Crippen LogP contribution in [-0.4, -0.2) is 38.4 Å². The first kappa shape index (κ1) is 10.5. The maximum atomic E-state index is 11.0. The summed E-state index contributed by atoms with van der Waals surface area (Å²) in [5.41, 5.74) is 0. The molecule has 0 saturated carbocycles. The zero-order chi connectivity index (χ0) is 9.52. The van der Waals surface area contributed by atoms with Gasteiger partial charge in [-0.1, -0.05) is 0 Å². The molecule has 0 aliphatic carbocycles.